The fourth-order valence-electron chi connectivity index (χ4n) is 1.79. The lowest BCUT2D eigenvalue weighted by Gasteiger charge is -2.16. The first-order valence-electron chi connectivity index (χ1n) is 6.49. The van der Waals surface area contributed by atoms with Crippen LogP contribution in [0.5, 0.6) is 5.75 Å². The maximum absolute atomic E-state index is 12.5. The standard InChI is InChI=1S/C14H18N4O2S/c1-4-16-14-17-12(15)11(21-14)13(19)18(2)9-5-7-10(20-3)8-6-9/h5-8H,4,15H2,1-3H3,(H,16,17). The molecule has 0 saturated heterocycles. The molecule has 1 heterocycles. The molecule has 0 radical (unpaired) electrons. The fraction of sp³-hybridized carbons (Fsp3) is 0.286. The van der Waals surface area contributed by atoms with E-state index in [-0.39, 0.29) is 11.7 Å². The molecule has 0 saturated carbocycles. The van der Waals surface area contributed by atoms with E-state index < -0.39 is 0 Å². The lowest BCUT2D eigenvalue weighted by molar-refractivity contribution is 0.0997. The molecule has 0 unspecified atom stereocenters. The number of thiazole rings is 1. The second-order valence-corrected chi connectivity index (χ2v) is 5.32. The van der Waals surface area contributed by atoms with E-state index in [9.17, 15) is 4.79 Å². The predicted octanol–water partition coefficient (Wildman–Crippen LogP) is 2.44. The van der Waals surface area contributed by atoms with Crippen LogP contribution in [0, 0.1) is 0 Å². The number of ether oxygens (including phenoxy) is 1. The molecule has 0 aliphatic carbocycles. The Bertz CT molecular complexity index is 624. The van der Waals surface area contributed by atoms with Gasteiger partial charge < -0.3 is 20.7 Å². The van der Waals surface area contributed by atoms with Gasteiger partial charge in [0.05, 0.1) is 7.11 Å². The molecule has 0 aliphatic rings. The molecule has 6 nitrogen and oxygen atoms in total. The van der Waals surface area contributed by atoms with E-state index in [1.54, 1.807) is 31.2 Å². The summed E-state index contributed by atoms with van der Waals surface area (Å²) >= 11 is 1.26. The Balaban J connectivity index is 2.21. The predicted molar refractivity (Wildman–Crippen MR) is 86.4 cm³/mol. The van der Waals surface area contributed by atoms with Crippen LogP contribution in [-0.4, -0.2) is 31.6 Å². The number of hydrogen-bond donors (Lipinski definition) is 2. The quantitative estimate of drug-likeness (QED) is 0.887. The molecule has 0 bridgehead atoms. The van der Waals surface area contributed by atoms with Gasteiger partial charge in [-0.3, -0.25) is 4.79 Å². The van der Waals surface area contributed by atoms with E-state index in [1.807, 2.05) is 19.1 Å². The minimum atomic E-state index is -0.181. The minimum absolute atomic E-state index is 0.181. The Morgan fingerprint density at radius 2 is 2.10 bits per heavy atom. The van der Waals surface area contributed by atoms with Crippen molar-refractivity contribution in [2.45, 2.75) is 6.92 Å². The lowest BCUT2D eigenvalue weighted by Crippen LogP contribution is -2.26. The van der Waals surface area contributed by atoms with Crippen molar-refractivity contribution < 1.29 is 9.53 Å². The monoisotopic (exact) mass is 306 g/mol. The van der Waals surface area contributed by atoms with E-state index in [2.05, 4.69) is 10.3 Å². The first-order valence-corrected chi connectivity index (χ1v) is 7.30. The number of anilines is 3. The van der Waals surface area contributed by atoms with Crippen LogP contribution in [0.4, 0.5) is 16.6 Å². The van der Waals surface area contributed by atoms with Gasteiger partial charge in [-0.05, 0) is 31.2 Å². The molecule has 0 aliphatic heterocycles. The molecule has 1 aromatic heterocycles. The number of methoxy groups -OCH3 is 1. The van der Waals surface area contributed by atoms with Crippen LogP contribution in [0.1, 0.15) is 16.6 Å². The highest BCUT2D eigenvalue weighted by Crippen LogP contribution is 2.28. The number of hydrogen-bond acceptors (Lipinski definition) is 6. The average Bonchev–Trinajstić information content (AvgIpc) is 2.87. The zero-order chi connectivity index (χ0) is 15.4. The Morgan fingerprint density at radius 1 is 1.43 bits per heavy atom. The second kappa shape index (κ2) is 6.45. The first-order chi connectivity index (χ1) is 10.1. The third-order valence-electron chi connectivity index (χ3n) is 2.94. The van der Waals surface area contributed by atoms with Crippen LogP contribution >= 0.6 is 11.3 Å². The molecule has 21 heavy (non-hydrogen) atoms. The van der Waals surface area contributed by atoms with E-state index in [4.69, 9.17) is 10.5 Å². The molecule has 1 amide bonds. The third-order valence-corrected chi connectivity index (χ3v) is 3.96. The molecular weight excluding hydrogens is 288 g/mol. The summed E-state index contributed by atoms with van der Waals surface area (Å²) in [6.45, 7) is 2.69. The maximum atomic E-state index is 12.5. The van der Waals surface area contributed by atoms with Crippen LogP contribution in [0.2, 0.25) is 0 Å². The van der Waals surface area contributed by atoms with Crippen LogP contribution in [0.3, 0.4) is 0 Å². The number of carbonyl (C=O) groups is 1. The molecule has 3 N–H and O–H groups in total. The summed E-state index contributed by atoms with van der Waals surface area (Å²) in [4.78, 5) is 18.6. The molecule has 112 valence electrons. The van der Waals surface area contributed by atoms with Crippen molar-refractivity contribution >= 4 is 33.9 Å². The minimum Gasteiger partial charge on any atom is -0.497 e. The fourth-order valence-corrected chi connectivity index (χ4v) is 2.72. The second-order valence-electron chi connectivity index (χ2n) is 4.33. The Hall–Kier alpha value is -2.28. The maximum Gasteiger partial charge on any atom is 0.272 e. The largest absolute Gasteiger partial charge is 0.497 e. The molecule has 2 aromatic rings. The normalized spacial score (nSPS) is 10.2. The Kier molecular flexibility index (Phi) is 4.64. The van der Waals surface area contributed by atoms with E-state index >= 15 is 0 Å². The molecular formula is C14H18N4O2S. The molecule has 0 fully saturated rings. The van der Waals surface area contributed by atoms with E-state index in [0.717, 1.165) is 18.0 Å². The van der Waals surface area contributed by atoms with Gasteiger partial charge in [0.25, 0.3) is 5.91 Å². The van der Waals surface area contributed by atoms with Gasteiger partial charge in [-0.25, -0.2) is 4.98 Å². The number of amides is 1. The van der Waals surface area contributed by atoms with Gasteiger partial charge in [0.2, 0.25) is 0 Å². The molecule has 7 heteroatoms. The van der Waals surface area contributed by atoms with Crippen LogP contribution in [-0.2, 0) is 0 Å². The van der Waals surface area contributed by atoms with Gasteiger partial charge in [-0.1, -0.05) is 11.3 Å². The zero-order valence-corrected chi connectivity index (χ0v) is 13.0. The SMILES string of the molecule is CCNc1nc(N)c(C(=O)N(C)c2ccc(OC)cc2)s1. The topological polar surface area (TPSA) is 80.5 Å². The van der Waals surface area contributed by atoms with Crippen molar-refractivity contribution in [3.8, 4) is 5.75 Å². The van der Waals surface area contributed by atoms with Crippen LogP contribution in [0.25, 0.3) is 0 Å². The zero-order valence-electron chi connectivity index (χ0n) is 12.2. The number of carbonyl (C=O) groups excluding carboxylic acids is 1. The Labute approximate surface area is 127 Å². The van der Waals surface area contributed by atoms with Gasteiger partial charge in [0.15, 0.2) is 5.13 Å². The van der Waals surface area contributed by atoms with Gasteiger partial charge in [0, 0.05) is 19.3 Å². The molecule has 2 rings (SSSR count). The summed E-state index contributed by atoms with van der Waals surface area (Å²) in [5.41, 5.74) is 6.59. The lowest BCUT2D eigenvalue weighted by atomic mass is 10.2. The number of nitrogens with one attached hydrogen (secondary N) is 1. The molecule has 0 atom stereocenters. The third kappa shape index (κ3) is 3.25. The van der Waals surface area contributed by atoms with Crippen molar-refractivity contribution in [1.29, 1.82) is 0 Å². The summed E-state index contributed by atoms with van der Waals surface area (Å²) in [6.07, 6.45) is 0. The summed E-state index contributed by atoms with van der Waals surface area (Å²) in [5, 5.41) is 3.71. The summed E-state index contributed by atoms with van der Waals surface area (Å²) in [6, 6.07) is 7.25. The van der Waals surface area contributed by atoms with Crippen molar-refractivity contribution in [2.75, 3.05) is 36.7 Å². The number of nitrogens with zero attached hydrogens (tertiary/aromatic N) is 2. The van der Waals surface area contributed by atoms with Gasteiger partial charge in [-0.2, -0.15) is 0 Å². The number of nitrogen functional groups attached to an aromatic ring is 1. The first kappa shape index (κ1) is 15.1. The van der Waals surface area contributed by atoms with Gasteiger partial charge in [0.1, 0.15) is 16.4 Å². The number of nitrogens with two attached hydrogens (primary N) is 1. The van der Waals surface area contributed by atoms with Crippen LogP contribution < -0.4 is 20.7 Å². The van der Waals surface area contributed by atoms with Crippen molar-refractivity contribution in [3.63, 3.8) is 0 Å². The Morgan fingerprint density at radius 3 is 2.67 bits per heavy atom. The highest BCUT2D eigenvalue weighted by atomic mass is 32.1. The van der Waals surface area contributed by atoms with Crippen molar-refractivity contribution in [3.05, 3.63) is 29.1 Å². The van der Waals surface area contributed by atoms with Gasteiger partial charge >= 0.3 is 0 Å². The molecule has 1 aromatic carbocycles. The summed E-state index contributed by atoms with van der Waals surface area (Å²) < 4.78 is 5.10. The van der Waals surface area contributed by atoms with E-state index in [1.165, 1.54) is 11.3 Å². The summed E-state index contributed by atoms with van der Waals surface area (Å²) in [5.74, 6) is 0.812. The average molecular weight is 306 g/mol. The van der Waals surface area contributed by atoms with Gasteiger partial charge in [-0.15, -0.1) is 0 Å². The number of rotatable bonds is 5. The smallest absolute Gasteiger partial charge is 0.272 e. The highest BCUT2D eigenvalue weighted by molar-refractivity contribution is 7.18. The van der Waals surface area contributed by atoms with Crippen molar-refractivity contribution in [2.24, 2.45) is 0 Å². The van der Waals surface area contributed by atoms with Crippen molar-refractivity contribution in [1.82, 2.24) is 4.98 Å². The van der Waals surface area contributed by atoms with Crippen LogP contribution in [0.15, 0.2) is 24.3 Å². The number of benzene rings is 1. The highest BCUT2D eigenvalue weighted by Gasteiger charge is 2.20. The number of aromatic nitrogens is 1. The van der Waals surface area contributed by atoms with E-state index in [0.29, 0.717) is 10.0 Å². The molecule has 0 spiro atoms. The summed E-state index contributed by atoms with van der Waals surface area (Å²) in [7, 11) is 3.31.